The number of amides is 2. The van der Waals surface area contributed by atoms with Crippen LogP contribution in [-0.2, 0) is 0 Å². The van der Waals surface area contributed by atoms with Gasteiger partial charge < -0.3 is 21.6 Å². The van der Waals surface area contributed by atoms with Gasteiger partial charge in [-0.15, -0.1) is 0 Å². The Labute approximate surface area is 96.3 Å². The number of carbonyl (C=O) groups is 1. The number of nitrogens with one attached hydrogen (secondary N) is 2. The molecule has 0 heterocycles. The Balaban J connectivity index is 3.91. The summed E-state index contributed by atoms with van der Waals surface area (Å²) in [5.41, 5.74) is 4.93. The van der Waals surface area contributed by atoms with Crippen LogP contribution in [0.25, 0.3) is 0 Å². The Kier molecular flexibility index (Phi) is 6.29. The van der Waals surface area contributed by atoms with Crippen LogP contribution in [0.2, 0.25) is 0 Å². The number of oxime groups is 1. The third-order valence-corrected chi connectivity index (χ3v) is 2.31. The number of rotatable bonds is 6. The number of carbonyl (C=O) groups excluding carboxylic acids is 1. The van der Waals surface area contributed by atoms with Crippen molar-refractivity contribution in [3.8, 4) is 0 Å². The van der Waals surface area contributed by atoms with Gasteiger partial charge in [0.1, 0.15) is 5.84 Å². The lowest BCUT2D eigenvalue weighted by atomic mass is 9.92. The highest BCUT2D eigenvalue weighted by Gasteiger charge is 2.24. The van der Waals surface area contributed by atoms with Crippen LogP contribution in [-0.4, -0.2) is 30.2 Å². The number of urea groups is 1. The van der Waals surface area contributed by atoms with E-state index < -0.39 is 5.41 Å². The highest BCUT2D eigenvalue weighted by atomic mass is 16.4. The molecule has 0 aromatic carbocycles. The number of unbranched alkanes of at least 4 members (excludes halogenated alkanes) is 1. The topological polar surface area (TPSA) is 99.7 Å². The van der Waals surface area contributed by atoms with Crippen LogP contribution < -0.4 is 16.4 Å². The summed E-state index contributed by atoms with van der Waals surface area (Å²) in [4.78, 5) is 11.3. The molecule has 0 aromatic rings. The zero-order chi connectivity index (χ0) is 12.6. The molecular weight excluding hydrogens is 208 g/mol. The number of nitrogens with zero attached hydrogens (tertiary/aromatic N) is 1. The largest absolute Gasteiger partial charge is 0.409 e. The third kappa shape index (κ3) is 5.43. The molecule has 0 saturated heterocycles. The fraction of sp³-hybridized carbons (Fsp3) is 0.800. The summed E-state index contributed by atoms with van der Waals surface area (Å²) in [7, 11) is 0. The number of hydrogen-bond acceptors (Lipinski definition) is 3. The molecule has 0 aliphatic heterocycles. The van der Waals surface area contributed by atoms with E-state index in [1.807, 2.05) is 0 Å². The van der Waals surface area contributed by atoms with Crippen LogP contribution in [0.1, 0.15) is 33.6 Å². The highest BCUT2D eigenvalue weighted by Crippen LogP contribution is 2.12. The first-order valence-electron chi connectivity index (χ1n) is 5.43. The summed E-state index contributed by atoms with van der Waals surface area (Å²) < 4.78 is 0. The number of hydrogen-bond donors (Lipinski definition) is 4. The second kappa shape index (κ2) is 6.92. The van der Waals surface area contributed by atoms with E-state index in [2.05, 4.69) is 22.7 Å². The molecule has 0 saturated carbocycles. The van der Waals surface area contributed by atoms with E-state index in [1.54, 1.807) is 13.8 Å². The summed E-state index contributed by atoms with van der Waals surface area (Å²) in [6.07, 6.45) is 1.99. The quantitative estimate of drug-likeness (QED) is 0.179. The Bertz CT molecular complexity index is 251. The molecule has 0 aromatic heterocycles. The van der Waals surface area contributed by atoms with Crippen LogP contribution >= 0.6 is 0 Å². The molecule has 0 radical (unpaired) electrons. The van der Waals surface area contributed by atoms with Crippen molar-refractivity contribution in [2.75, 3.05) is 13.1 Å². The standard InChI is InChI=1S/C10H22N4O2/c1-4-5-6-12-9(15)13-7-10(2,3)8(11)14-16/h16H,4-7H2,1-3H3,(H2,11,14)(H2,12,13,15). The molecule has 0 atom stereocenters. The van der Waals surface area contributed by atoms with Gasteiger partial charge in [0.15, 0.2) is 0 Å². The lowest BCUT2D eigenvalue weighted by molar-refractivity contribution is 0.237. The van der Waals surface area contributed by atoms with E-state index in [4.69, 9.17) is 10.9 Å². The molecule has 0 unspecified atom stereocenters. The maximum absolute atomic E-state index is 11.3. The molecule has 0 aliphatic carbocycles. The van der Waals surface area contributed by atoms with Gasteiger partial charge in [-0.05, 0) is 6.42 Å². The smallest absolute Gasteiger partial charge is 0.314 e. The first-order chi connectivity index (χ1) is 7.44. The first kappa shape index (κ1) is 14.5. The van der Waals surface area contributed by atoms with E-state index in [-0.39, 0.29) is 11.9 Å². The van der Waals surface area contributed by atoms with Gasteiger partial charge in [0.25, 0.3) is 0 Å². The Morgan fingerprint density at radius 3 is 2.56 bits per heavy atom. The van der Waals surface area contributed by atoms with Gasteiger partial charge in [-0.25, -0.2) is 4.79 Å². The van der Waals surface area contributed by atoms with E-state index >= 15 is 0 Å². The minimum absolute atomic E-state index is 0.0985. The average Bonchev–Trinajstić information content (AvgIpc) is 2.25. The molecule has 94 valence electrons. The molecule has 0 rings (SSSR count). The minimum atomic E-state index is -0.559. The van der Waals surface area contributed by atoms with E-state index in [0.29, 0.717) is 13.1 Å². The van der Waals surface area contributed by atoms with Crippen molar-refractivity contribution in [1.82, 2.24) is 10.6 Å². The Morgan fingerprint density at radius 2 is 2.06 bits per heavy atom. The van der Waals surface area contributed by atoms with Crippen molar-refractivity contribution >= 4 is 11.9 Å². The zero-order valence-corrected chi connectivity index (χ0v) is 10.2. The van der Waals surface area contributed by atoms with Gasteiger partial charge in [-0.3, -0.25) is 0 Å². The molecule has 0 spiro atoms. The summed E-state index contributed by atoms with van der Waals surface area (Å²) >= 11 is 0. The fourth-order valence-corrected chi connectivity index (χ4v) is 0.968. The second-order valence-electron chi connectivity index (χ2n) is 4.33. The predicted molar refractivity (Wildman–Crippen MR) is 63.5 cm³/mol. The summed E-state index contributed by atoms with van der Waals surface area (Å²) in [5, 5.41) is 16.9. The van der Waals surface area contributed by atoms with E-state index in [0.717, 1.165) is 12.8 Å². The number of amidine groups is 1. The lowest BCUT2D eigenvalue weighted by Crippen LogP contribution is -2.45. The van der Waals surface area contributed by atoms with Crippen molar-refractivity contribution < 1.29 is 10.0 Å². The van der Waals surface area contributed by atoms with Crippen LogP contribution in [0.3, 0.4) is 0 Å². The molecule has 6 nitrogen and oxygen atoms in total. The molecule has 6 heteroatoms. The van der Waals surface area contributed by atoms with Crippen molar-refractivity contribution in [3.05, 3.63) is 0 Å². The fourth-order valence-electron chi connectivity index (χ4n) is 0.968. The number of nitrogens with two attached hydrogens (primary N) is 1. The average molecular weight is 230 g/mol. The van der Waals surface area contributed by atoms with Crippen LogP contribution in [0.5, 0.6) is 0 Å². The molecule has 5 N–H and O–H groups in total. The molecule has 0 fully saturated rings. The monoisotopic (exact) mass is 230 g/mol. The third-order valence-electron chi connectivity index (χ3n) is 2.31. The second-order valence-corrected chi connectivity index (χ2v) is 4.33. The zero-order valence-electron chi connectivity index (χ0n) is 10.2. The summed E-state index contributed by atoms with van der Waals surface area (Å²) in [5.74, 6) is 0.0985. The molecule has 0 aliphatic rings. The van der Waals surface area contributed by atoms with E-state index in [1.165, 1.54) is 0 Å². The molecular formula is C10H22N4O2. The summed E-state index contributed by atoms with van der Waals surface area (Å²) in [6.45, 7) is 6.61. The van der Waals surface area contributed by atoms with Crippen molar-refractivity contribution in [2.24, 2.45) is 16.3 Å². The summed E-state index contributed by atoms with van der Waals surface area (Å²) in [6, 6.07) is -0.229. The van der Waals surface area contributed by atoms with Crippen molar-refractivity contribution in [1.29, 1.82) is 0 Å². The Hall–Kier alpha value is -1.46. The maximum Gasteiger partial charge on any atom is 0.314 e. The maximum atomic E-state index is 11.3. The highest BCUT2D eigenvalue weighted by molar-refractivity contribution is 5.86. The van der Waals surface area contributed by atoms with E-state index in [9.17, 15) is 4.79 Å². The van der Waals surface area contributed by atoms with Crippen LogP contribution in [0.15, 0.2) is 5.16 Å². The lowest BCUT2D eigenvalue weighted by Gasteiger charge is -2.23. The van der Waals surface area contributed by atoms with Gasteiger partial charge in [0.05, 0.1) is 0 Å². The Morgan fingerprint density at radius 1 is 1.44 bits per heavy atom. The van der Waals surface area contributed by atoms with Gasteiger partial charge in [-0.2, -0.15) is 0 Å². The van der Waals surface area contributed by atoms with Crippen molar-refractivity contribution in [3.63, 3.8) is 0 Å². The van der Waals surface area contributed by atoms with Gasteiger partial charge >= 0.3 is 6.03 Å². The predicted octanol–water partition coefficient (Wildman–Crippen LogP) is 0.858. The van der Waals surface area contributed by atoms with Crippen LogP contribution in [0.4, 0.5) is 4.79 Å². The van der Waals surface area contributed by atoms with Gasteiger partial charge in [0, 0.05) is 18.5 Å². The van der Waals surface area contributed by atoms with Crippen LogP contribution in [0, 0.1) is 5.41 Å². The van der Waals surface area contributed by atoms with Crippen molar-refractivity contribution in [2.45, 2.75) is 33.6 Å². The first-order valence-corrected chi connectivity index (χ1v) is 5.43. The van der Waals surface area contributed by atoms with Gasteiger partial charge in [0.2, 0.25) is 0 Å². The minimum Gasteiger partial charge on any atom is -0.409 e. The molecule has 16 heavy (non-hydrogen) atoms. The molecule has 2 amide bonds. The SMILES string of the molecule is CCCCNC(=O)NCC(C)(C)C(N)=NO. The normalized spacial score (nSPS) is 12.3. The molecule has 0 bridgehead atoms. The van der Waals surface area contributed by atoms with Gasteiger partial charge in [-0.1, -0.05) is 32.3 Å².